The first-order chi connectivity index (χ1) is 8.69. The molecule has 0 saturated carbocycles. The average Bonchev–Trinajstić information content (AvgIpc) is 2.40. The molecule has 4 nitrogen and oxygen atoms in total. The molecule has 0 saturated heterocycles. The van der Waals surface area contributed by atoms with Crippen LogP contribution in [0.3, 0.4) is 0 Å². The molecule has 1 heterocycles. The summed E-state index contributed by atoms with van der Waals surface area (Å²) in [4.78, 5) is 15.8. The lowest BCUT2D eigenvalue weighted by Gasteiger charge is -2.04. The lowest BCUT2D eigenvalue weighted by atomic mass is 10.2. The fourth-order valence-corrected chi connectivity index (χ4v) is 1.58. The van der Waals surface area contributed by atoms with E-state index >= 15 is 0 Å². The van der Waals surface area contributed by atoms with Crippen molar-refractivity contribution in [2.45, 2.75) is 0 Å². The maximum Gasteiger partial charge on any atom is 0.257 e. The van der Waals surface area contributed by atoms with Crippen LogP contribution >= 0.6 is 15.9 Å². The number of pyridine rings is 1. The van der Waals surface area contributed by atoms with Crippen LogP contribution in [0.15, 0.2) is 47.2 Å². The molecule has 2 aromatic rings. The molecule has 5 heteroatoms. The largest absolute Gasteiger partial charge is 0.322 e. The molecule has 1 N–H and O–H groups in total. The summed E-state index contributed by atoms with van der Waals surface area (Å²) in [6, 6.07) is 12.1. The van der Waals surface area contributed by atoms with E-state index < -0.39 is 0 Å². The number of aromatic nitrogens is 1. The van der Waals surface area contributed by atoms with E-state index in [1.807, 2.05) is 6.07 Å². The molecule has 1 aromatic heterocycles. The predicted octanol–water partition coefficient (Wildman–Crippen LogP) is 2.97. The first-order valence-corrected chi connectivity index (χ1v) is 5.91. The van der Waals surface area contributed by atoms with Crippen molar-refractivity contribution in [2.75, 3.05) is 5.32 Å². The third-order valence-corrected chi connectivity index (χ3v) is 2.73. The van der Waals surface area contributed by atoms with Crippen molar-refractivity contribution >= 4 is 27.5 Å². The van der Waals surface area contributed by atoms with Gasteiger partial charge in [-0.1, -0.05) is 0 Å². The highest BCUT2D eigenvalue weighted by Crippen LogP contribution is 2.12. The van der Waals surface area contributed by atoms with E-state index in [1.165, 1.54) is 6.20 Å². The van der Waals surface area contributed by atoms with E-state index in [9.17, 15) is 4.79 Å². The van der Waals surface area contributed by atoms with Gasteiger partial charge in [-0.15, -0.1) is 0 Å². The molecule has 1 amide bonds. The van der Waals surface area contributed by atoms with E-state index in [4.69, 9.17) is 5.26 Å². The van der Waals surface area contributed by atoms with E-state index in [0.717, 1.165) is 0 Å². The van der Waals surface area contributed by atoms with Gasteiger partial charge in [0.15, 0.2) is 0 Å². The Labute approximate surface area is 112 Å². The molecule has 18 heavy (non-hydrogen) atoms. The van der Waals surface area contributed by atoms with Crippen LogP contribution in [0.4, 0.5) is 5.69 Å². The summed E-state index contributed by atoms with van der Waals surface area (Å²) in [6.45, 7) is 0. The number of hydrogen-bond acceptors (Lipinski definition) is 3. The Morgan fingerprint density at radius 1 is 1.22 bits per heavy atom. The fourth-order valence-electron chi connectivity index (χ4n) is 1.34. The van der Waals surface area contributed by atoms with Crippen molar-refractivity contribution in [1.82, 2.24) is 4.98 Å². The Kier molecular flexibility index (Phi) is 3.70. The van der Waals surface area contributed by atoms with E-state index in [2.05, 4.69) is 26.2 Å². The van der Waals surface area contributed by atoms with Crippen LogP contribution in [0.2, 0.25) is 0 Å². The van der Waals surface area contributed by atoms with Gasteiger partial charge in [0.25, 0.3) is 5.91 Å². The lowest BCUT2D eigenvalue weighted by molar-refractivity contribution is 0.102. The van der Waals surface area contributed by atoms with Crippen LogP contribution in [-0.2, 0) is 0 Å². The summed E-state index contributed by atoms with van der Waals surface area (Å²) >= 11 is 3.20. The molecular formula is C13H8BrN3O. The van der Waals surface area contributed by atoms with Crippen LogP contribution in [-0.4, -0.2) is 10.9 Å². The maximum absolute atomic E-state index is 11.8. The van der Waals surface area contributed by atoms with E-state index in [0.29, 0.717) is 21.4 Å². The number of carbonyl (C=O) groups excluding carboxylic acids is 1. The molecule has 1 aromatic carbocycles. The molecule has 0 radical (unpaired) electrons. The maximum atomic E-state index is 11.8. The Hall–Kier alpha value is -2.19. The van der Waals surface area contributed by atoms with Crippen LogP contribution in [0.1, 0.15) is 15.9 Å². The van der Waals surface area contributed by atoms with Crippen molar-refractivity contribution in [3.63, 3.8) is 0 Å². The van der Waals surface area contributed by atoms with Gasteiger partial charge in [-0.2, -0.15) is 5.26 Å². The Morgan fingerprint density at radius 3 is 2.50 bits per heavy atom. The number of halogens is 1. The second kappa shape index (κ2) is 5.43. The lowest BCUT2D eigenvalue weighted by Crippen LogP contribution is -2.11. The number of rotatable bonds is 2. The van der Waals surface area contributed by atoms with Gasteiger partial charge in [-0.05, 0) is 52.3 Å². The molecule has 0 aliphatic rings. The minimum absolute atomic E-state index is 0.236. The van der Waals surface area contributed by atoms with E-state index in [-0.39, 0.29) is 5.91 Å². The van der Waals surface area contributed by atoms with Crippen molar-refractivity contribution < 1.29 is 4.79 Å². The number of anilines is 1. The number of amides is 1. The van der Waals surface area contributed by atoms with Crippen LogP contribution < -0.4 is 5.32 Å². The predicted molar refractivity (Wildman–Crippen MR) is 71.0 cm³/mol. The standard InChI is InChI=1S/C13H8BrN3O/c14-12-6-3-10(8-16-12)13(18)17-11-4-1-9(7-15)2-5-11/h1-6,8H,(H,17,18). The number of benzene rings is 1. The van der Waals surface area contributed by atoms with Crippen molar-refractivity contribution in [1.29, 1.82) is 5.26 Å². The topological polar surface area (TPSA) is 65.8 Å². The molecule has 0 atom stereocenters. The van der Waals surface area contributed by atoms with Crippen LogP contribution in [0.5, 0.6) is 0 Å². The first-order valence-electron chi connectivity index (χ1n) is 5.12. The molecule has 0 unspecified atom stereocenters. The molecule has 2 rings (SSSR count). The van der Waals surface area contributed by atoms with Crippen molar-refractivity contribution in [3.05, 3.63) is 58.3 Å². The first kappa shape index (κ1) is 12.3. The number of carbonyl (C=O) groups is 1. The van der Waals surface area contributed by atoms with Crippen LogP contribution in [0.25, 0.3) is 0 Å². The third-order valence-electron chi connectivity index (χ3n) is 2.26. The normalized spacial score (nSPS) is 9.56. The molecule has 0 spiro atoms. The Balaban J connectivity index is 2.11. The molecule has 0 aliphatic carbocycles. The summed E-state index contributed by atoms with van der Waals surface area (Å²) < 4.78 is 0.678. The second-order valence-electron chi connectivity index (χ2n) is 3.51. The highest BCUT2D eigenvalue weighted by Gasteiger charge is 2.06. The zero-order valence-corrected chi connectivity index (χ0v) is 10.8. The number of nitrogens with zero attached hydrogens (tertiary/aromatic N) is 2. The zero-order chi connectivity index (χ0) is 13.0. The van der Waals surface area contributed by atoms with Gasteiger partial charge < -0.3 is 5.32 Å². The minimum atomic E-state index is -0.236. The SMILES string of the molecule is N#Cc1ccc(NC(=O)c2ccc(Br)nc2)cc1. The molecule has 0 aliphatic heterocycles. The fraction of sp³-hybridized carbons (Fsp3) is 0. The van der Waals surface area contributed by atoms with Gasteiger partial charge in [-0.3, -0.25) is 4.79 Å². The van der Waals surface area contributed by atoms with Crippen molar-refractivity contribution in [2.24, 2.45) is 0 Å². The van der Waals surface area contributed by atoms with Gasteiger partial charge in [0.2, 0.25) is 0 Å². The summed E-state index contributed by atoms with van der Waals surface area (Å²) in [5.74, 6) is -0.236. The third kappa shape index (κ3) is 2.93. The molecule has 88 valence electrons. The quantitative estimate of drug-likeness (QED) is 0.867. The summed E-state index contributed by atoms with van der Waals surface area (Å²) in [7, 11) is 0. The molecule has 0 bridgehead atoms. The van der Waals surface area contributed by atoms with Gasteiger partial charge >= 0.3 is 0 Å². The Morgan fingerprint density at radius 2 is 1.94 bits per heavy atom. The van der Waals surface area contributed by atoms with E-state index in [1.54, 1.807) is 36.4 Å². The van der Waals surface area contributed by atoms with Gasteiger partial charge in [0, 0.05) is 11.9 Å². The van der Waals surface area contributed by atoms with Gasteiger partial charge in [0.05, 0.1) is 17.2 Å². The summed E-state index contributed by atoms with van der Waals surface area (Å²) in [5.41, 5.74) is 1.67. The zero-order valence-electron chi connectivity index (χ0n) is 9.22. The van der Waals surface area contributed by atoms with Gasteiger partial charge in [-0.25, -0.2) is 4.98 Å². The number of nitriles is 1. The average molecular weight is 302 g/mol. The molecular weight excluding hydrogens is 294 g/mol. The monoisotopic (exact) mass is 301 g/mol. The number of hydrogen-bond donors (Lipinski definition) is 1. The summed E-state index contributed by atoms with van der Waals surface area (Å²) in [6.07, 6.45) is 1.49. The number of nitrogens with one attached hydrogen (secondary N) is 1. The highest BCUT2D eigenvalue weighted by atomic mass is 79.9. The second-order valence-corrected chi connectivity index (χ2v) is 4.33. The van der Waals surface area contributed by atoms with Gasteiger partial charge in [0.1, 0.15) is 4.60 Å². The Bertz CT molecular complexity index is 600. The highest BCUT2D eigenvalue weighted by molar-refractivity contribution is 9.10. The van der Waals surface area contributed by atoms with Crippen LogP contribution in [0, 0.1) is 11.3 Å². The minimum Gasteiger partial charge on any atom is -0.322 e. The van der Waals surface area contributed by atoms with Crippen molar-refractivity contribution in [3.8, 4) is 6.07 Å². The summed E-state index contributed by atoms with van der Waals surface area (Å²) in [5, 5.41) is 11.4. The molecule has 0 fully saturated rings. The smallest absolute Gasteiger partial charge is 0.257 e.